The van der Waals surface area contributed by atoms with Crippen molar-refractivity contribution in [1.29, 1.82) is 0 Å². The fourth-order valence-electron chi connectivity index (χ4n) is 1.96. The van der Waals surface area contributed by atoms with Crippen LogP contribution in [0.4, 0.5) is 0 Å². The Hall–Kier alpha value is -1.26. The maximum atomic E-state index is 12.2. The molecule has 1 amide bonds. The fourth-order valence-corrected chi connectivity index (χ4v) is 2.19. The summed E-state index contributed by atoms with van der Waals surface area (Å²) < 4.78 is 5.70. The van der Waals surface area contributed by atoms with Crippen LogP contribution >= 0.6 is 11.6 Å². The van der Waals surface area contributed by atoms with Gasteiger partial charge in [-0.25, -0.2) is 0 Å². The lowest BCUT2D eigenvalue weighted by Gasteiger charge is -2.30. The van der Waals surface area contributed by atoms with Gasteiger partial charge in [0.2, 0.25) is 0 Å². The number of halogens is 1. The molecule has 0 bridgehead atoms. The first-order valence-corrected chi connectivity index (χ1v) is 7.55. The second kappa shape index (κ2) is 7.66. The van der Waals surface area contributed by atoms with Crippen LogP contribution in [0.5, 0.6) is 5.75 Å². The van der Waals surface area contributed by atoms with Gasteiger partial charge in [-0.15, -0.1) is 0 Å². The highest BCUT2D eigenvalue weighted by molar-refractivity contribution is 6.30. The van der Waals surface area contributed by atoms with Gasteiger partial charge in [-0.3, -0.25) is 4.79 Å². The molecule has 2 N–H and O–H groups in total. The number of benzene rings is 1. The molecule has 0 fully saturated rings. The molecule has 21 heavy (non-hydrogen) atoms. The van der Waals surface area contributed by atoms with Gasteiger partial charge in [-0.05, 0) is 57.4 Å². The van der Waals surface area contributed by atoms with Crippen LogP contribution in [0, 0.1) is 6.92 Å². The Morgan fingerprint density at radius 2 is 2.19 bits per heavy atom. The van der Waals surface area contributed by atoms with E-state index in [1.807, 2.05) is 20.8 Å². The largest absolute Gasteiger partial charge is 0.481 e. The number of ether oxygens (including phenoxy) is 1. The molecule has 0 aliphatic rings. The Morgan fingerprint density at radius 3 is 2.71 bits per heavy atom. The van der Waals surface area contributed by atoms with Gasteiger partial charge in [0, 0.05) is 17.2 Å². The highest BCUT2D eigenvalue weighted by Crippen LogP contribution is 2.23. The summed E-state index contributed by atoms with van der Waals surface area (Å²) in [5.41, 5.74) is 0.467. The summed E-state index contributed by atoms with van der Waals surface area (Å²) in [5.74, 6) is 0.449. The predicted octanol–water partition coefficient (Wildman–Crippen LogP) is 3.08. The van der Waals surface area contributed by atoms with Crippen LogP contribution in [-0.2, 0) is 4.79 Å². The highest BCUT2D eigenvalue weighted by Gasteiger charge is 2.27. The van der Waals surface area contributed by atoms with Crippen molar-refractivity contribution in [2.45, 2.75) is 52.2 Å². The number of aliphatic hydroxyl groups is 1. The second-order valence-electron chi connectivity index (χ2n) is 5.55. The topological polar surface area (TPSA) is 58.6 Å². The minimum Gasteiger partial charge on any atom is -0.481 e. The fraction of sp³-hybridized carbons (Fsp3) is 0.562. The average Bonchev–Trinajstić information content (AvgIpc) is 2.42. The molecule has 1 aromatic carbocycles. The molecule has 0 saturated carbocycles. The van der Waals surface area contributed by atoms with Crippen LogP contribution in [-0.4, -0.2) is 29.3 Å². The van der Waals surface area contributed by atoms with E-state index in [0.29, 0.717) is 17.2 Å². The summed E-state index contributed by atoms with van der Waals surface area (Å²) in [6.07, 6.45) is 0.642. The van der Waals surface area contributed by atoms with E-state index in [1.54, 1.807) is 25.1 Å². The summed E-state index contributed by atoms with van der Waals surface area (Å²) in [6.45, 7) is 7.52. The highest BCUT2D eigenvalue weighted by atomic mass is 35.5. The van der Waals surface area contributed by atoms with E-state index in [9.17, 15) is 4.79 Å². The molecule has 0 aromatic heterocycles. The molecule has 1 rings (SSSR count). The summed E-state index contributed by atoms with van der Waals surface area (Å²) in [6, 6.07) is 5.29. The number of carbonyl (C=O) groups is 1. The summed E-state index contributed by atoms with van der Waals surface area (Å²) in [5, 5.41) is 12.7. The van der Waals surface area contributed by atoms with E-state index >= 15 is 0 Å². The second-order valence-corrected chi connectivity index (χ2v) is 5.98. The Morgan fingerprint density at radius 1 is 1.52 bits per heavy atom. The van der Waals surface area contributed by atoms with Crippen LogP contribution in [0.1, 0.15) is 39.2 Å². The van der Waals surface area contributed by atoms with Crippen LogP contribution in [0.3, 0.4) is 0 Å². The first-order chi connectivity index (χ1) is 9.81. The number of aryl methyl sites for hydroxylation is 1. The van der Waals surface area contributed by atoms with E-state index in [4.69, 9.17) is 21.4 Å². The van der Waals surface area contributed by atoms with Crippen molar-refractivity contribution < 1.29 is 14.6 Å². The van der Waals surface area contributed by atoms with E-state index in [1.165, 1.54) is 0 Å². The Balaban J connectivity index is 2.70. The van der Waals surface area contributed by atoms with Gasteiger partial charge in [-0.2, -0.15) is 0 Å². The van der Waals surface area contributed by atoms with Gasteiger partial charge < -0.3 is 15.2 Å². The van der Waals surface area contributed by atoms with E-state index in [0.717, 1.165) is 12.0 Å². The molecular formula is C16H24ClNO3. The Bertz CT molecular complexity index is 492. The van der Waals surface area contributed by atoms with Crippen molar-refractivity contribution in [2.75, 3.05) is 6.61 Å². The zero-order valence-corrected chi connectivity index (χ0v) is 13.8. The zero-order valence-electron chi connectivity index (χ0n) is 13.1. The van der Waals surface area contributed by atoms with Crippen molar-refractivity contribution in [2.24, 2.45) is 0 Å². The van der Waals surface area contributed by atoms with Crippen LogP contribution in [0.25, 0.3) is 0 Å². The third-order valence-corrected chi connectivity index (χ3v) is 3.91. The predicted molar refractivity (Wildman–Crippen MR) is 84.8 cm³/mol. The first kappa shape index (κ1) is 17.8. The number of nitrogens with one attached hydrogen (secondary N) is 1. The van der Waals surface area contributed by atoms with Crippen LogP contribution in [0.2, 0.25) is 5.02 Å². The maximum absolute atomic E-state index is 12.2. The number of carbonyl (C=O) groups excluding carboxylic acids is 1. The molecule has 5 heteroatoms. The van der Waals surface area contributed by atoms with Crippen molar-refractivity contribution in [3.05, 3.63) is 28.8 Å². The number of amides is 1. The number of aliphatic hydroxyl groups excluding tert-OH is 1. The molecule has 118 valence electrons. The van der Waals surface area contributed by atoms with Gasteiger partial charge >= 0.3 is 0 Å². The van der Waals surface area contributed by atoms with Crippen molar-refractivity contribution in [3.63, 3.8) is 0 Å². The Kier molecular flexibility index (Phi) is 6.49. The minimum atomic E-state index is -0.616. The smallest absolute Gasteiger partial charge is 0.261 e. The molecule has 0 heterocycles. The molecule has 0 saturated heterocycles. The van der Waals surface area contributed by atoms with Gasteiger partial charge in [0.15, 0.2) is 6.10 Å². The molecule has 0 aliphatic heterocycles. The molecule has 1 aromatic rings. The lowest BCUT2D eigenvalue weighted by Crippen LogP contribution is -2.50. The van der Waals surface area contributed by atoms with Gasteiger partial charge in [0.25, 0.3) is 5.91 Å². The van der Waals surface area contributed by atoms with E-state index in [-0.39, 0.29) is 12.5 Å². The van der Waals surface area contributed by atoms with E-state index in [2.05, 4.69) is 5.32 Å². The summed E-state index contributed by atoms with van der Waals surface area (Å²) in [7, 11) is 0. The molecule has 0 spiro atoms. The normalized spacial score (nSPS) is 15.1. The third kappa shape index (κ3) is 5.21. The number of rotatable bonds is 7. The van der Waals surface area contributed by atoms with Crippen molar-refractivity contribution >= 4 is 17.5 Å². The minimum absolute atomic E-state index is 0.0378. The van der Waals surface area contributed by atoms with Crippen LogP contribution < -0.4 is 10.1 Å². The summed E-state index contributed by atoms with van der Waals surface area (Å²) in [4.78, 5) is 12.2. The Labute approximate surface area is 131 Å². The summed E-state index contributed by atoms with van der Waals surface area (Å²) >= 11 is 5.90. The molecule has 0 aliphatic carbocycles. The standard InChI is InChI=1S/C16H24ClNO3/c1-5-16(4,8-9-19)18-15(20)12(3)21-14-7-6-13(17)10-11(14)2/h6-7,10,12,19H,5,8-9H2,1-4H3,(H,18,20). The lowest BCUT2D eigenvalue weighted by atomic mass is 9.94. The van der Waals surface area contributed by atoms with Gasteiger partial charge in [-0.1, -0.05) is 18.5 Å². The molecule has 4 nitrogen and oxygen atoms in total. The molecule has 2 unspecified atom stereocenters. The van der Waals surface area contributed by atoms with Gasteiger partial charge in [0.05, 0.1) is 0 Å². The quantitative estimate of drug-likeness (QED) is 0.813. The third-order valence-electron chi connectivity index (χ3n) is 3.68. The van der Waals surface area contributed by atoms with Gasteiger partial charge in [0.1, 0.15) is 5.75 Å². The molecule has 2 atom stereocenters. The monoisotopic (exact) mass is 313 g/mol. The zero-order chi connectivity index (χ0) is 16.0. The SMILES string of the molecule is CCC(C)(CCO)NC(=O)C(C)Oc1ccc(Cl)cc1C. The lowest BCUT2D eigenvalue weighted by molar-refractivity contribution is -0.129. The van der Waals surface area contributed by atoms with Crippen LogP contribution in [0.15, 0.2) is 18.2 Å². The first-order valence-electron chi connectivity index (χ1n) is 7.17. The number of hydrogen-bond acceptors (Lipinski definition) is 3. The average molecular weight is 314 g/mol. The van der Waals surface area contributed by atoms with E-state index < -0.39 is 11.6 Å². The van der Waals surface area contributed by atoms with Crippen molar-refractivity contribution in [1.82, 2.24) is 5.32 Å². The van der Waals surface area contributed by atoms with Crippen molar-refractivity contribution in [3.8, 4) is 5.75 Å². The maximum Gasteiger partial charge on any atom is 0.261 e. The molecule has 0 radical (unpaired) electrons. The molecular weight excluding hydrogens is 290 g/mol. The number of hydrogen-bond donors (Lipinski definition) is 2.